The second-order valence-corrected chi connectivity index (χ2v) is 8.88. The minimum atomic E-state index is -0.493. The highest BCUT2D eigenvalue weighted by Crippen LogP contribution is 2.33. The van der Waals surface area contributed by atoms with Crippen molar-refractivity contribution in [1.82, 2.24) is 10.2 Å². The summed E-state index contributed by atoms with van der Waals surface area (Å²) >= 11 is 4.51. The molecule has 0 saturated carbocycles. The van der Waals surface area contributed by atoms with Crippen LogP contribution in [0.4, 0.5) is 10.1 Å². The Bertz CT molecular complexity index is 1220. The number of hydrogen-bond acceptors (Lipinski definition) is 4. The van der Waals surface area contributed by atoms with Gasteiger partial charge in [0.25, 0.3) is 0 Å². The standard InChI is InChI=1S/C23H17BrFN3OS/c1-14(22(29)26-20-12-11-16(24)13-19(20)25)30-23-18-10-6-5-9-17(18)21(27-28-23)15-7-3-2-4-8-15/h2-14H,1H3,(H,26,29). The molecular weight excluding hydrogens is 465 g/mol. The third-order valence-electron chi connectivity index (χ3n) is 4.55. The fourth-order valence-electron chi connectivity index (χ4n) is 3.02. The third-order valence-corrected chi connectivity index (χ3v) is 6.13. The Hall–Kier alpha value is -2.77. The van der Waals surface area contributed by atoms with Crippen LogP contribution in [0.3, 0.4) is 0 Å². The molecule has 0 spiro atoms. The maximum absolute atomic E-state index is 14.0. The van der Waals surface area contributed by atoms with Gasteiger partial charge in [-0.25, -0.2) is 4.39 Å². The van der Waals surface area contributed by atoms with E-state index in [2.05, 4.69) is 31.4 Å². The number of anilines is 1. The van der Waals surface area contributed by atoms with E-state index in [9.17, 15) is 9.18 Å². The van der Waals surface area contributed by atoms with E-state index >= 15 is 0 Å². The molecule has 1 amide bonds. The molecule has 4 aromatic rings. The highest BCUT2D eigenvalue weighted by atomic mass is 79.9. The minimum Gasteiger partial charge on any atom is -0.323 e. The average molecular weight is 482 g/mol. The Morgan fingerprint density at radius 3 is 2.43 bits per heavy atom. The lowest BCUT2D eigenvalue weighted by molar-refractivity contribution is -0.115. The molecule has 0 aliphatic heterocycles. The first-order chi connectivity index (χ1) is 14.5. The molecule has 0 aliphatic rings. The van der Waals surface area contributed by atoms with Crippen molar-refractivity contribution in [1.29, 1.82) is 0 Å². The summed E-state index contributed by atoms with van der Waals surface area (Å²) in [6.45, 7) is 1.76. The van der Waals surface area contributed by atoms with Gasteiger partial charge < -0.3 is 5.32 Å². The molecule has 0 saturated heterocycles. The van der Waals surface area contributed by atoms with Crippen molar-refractivity contribution in [2.75, 3.05) is 5.32 Å². The summed E-state index contributed by atoms with van der Waals surface area (Å²) in [5.41, 5.74) is 1.92. The number of aromatic nitrogens is 2. The van der Waals surface area contributed by atoms with Crippen molar-refractivity contribution in [2.45, 2.75) is 17.2 Å². The second-order valence-electron chi connectivity index (χ2n) is 6.64. The monoisotopic (exact) mass is 481 g/mol. The van der Waals surface area contributed by atoms with Gasteiger partial charge in [-0.2, -0.15) is 0 Å². The van der Waals surface area contributed by atoms with Crippen molar-refractivity contribution >= 4 is 50.1 Å². The molecule has 4 nitrogen and oxygen atoms in total. The zero-order chi connectivity index (χ0) is 21.1. The number of rotatable bonds is 5. The number of benzene rings is 3. The number of carbonyl (C=O) groups excluding carboxylic acids is 1. The Morgan fingerprint density at radius 1 is 1.00 bits per heavy atom. The summed E-state index contributed by atoms with van der Waals surface area (Å²) in [6.07, 6.45) is 0. The normalized spacial score (nSPS) is 12.0. The molecule has 4 rings (SSSR count). The van der Waals surface area contributed by atoms with Gasteiger partial charge in [0, 0.05) is 20.8 Å². The van der Waals surface area contributed by atoms with E-state index < -0.39 is 11.1 Å². The summed E-state index contributed by atoms with van der Waals surface area (Å²) in [6, 6.07) is 22.2. The summed E-state index contributed by atoms with van der Waals surface area (Å²) in [7, 11) is 0. The largest absolute Gasteiger partial charge is 0.323 e. The van der Waals surface area contributed by atoms with Gasteiger partial charge in [0.15, 0.2) is 0 Å². The van der Waals surface area contributed by atoms with Gasteiger partial charge in [-0.3, -0.25) is 4.79 Å². The number of carbonyl (C=O) groups is 1. The number of halogens is 2. The number of amides is 1. The Morgan fingerprint density at radius 2 is 1.70 bits per heavy atom. The first-order valence-electron chi connectivity index (χ1n) is 9.26. The van der Waals surface area contributed by atoms with E-state index in [1.54, 1.807) is 13.0 Å². The van der Waals surface area contributed by atoms with Crippen LogP contribution in [-0.4, -0.2) is 21.4 Å². The van der Waals surface area contributed by atoms with Crippen LogP contribution in [0.2, 0.25) is 0 Å². The van der Waals surface area contributed by atoms with Gasteiger partial charge in [-0.15, -0.1) is 10.2 Å². The number of nitrogens with zero attached hydrogens (tertiary/aromatic N) is 2. The quantitative estimate of drug-likeness (QED) is 0.339. The van der Waals surface area contributed by atoms with Gasteiger partial charge in [0.05, 0.1) is 10.9 Å². The Kier molecular flexibility index (Phi) is 6.11. The SMILES string of the molecule is CC(Sc1nnc(-c2ccccc2)c2ccccc12)C(=O)Nc1ccc(Br)cc1F. The van der Waals surface area contributed by atoms with Crippen LogP contribution in [0, 0.1) is 5.82 Å². The van der Waals surface area contributed by atoms with Gasteiger partial charge in [-0.1, -0.05) is 82.3 Å². The molecule has 1 aromatic heterocycles. The van der Waals surface area contributed by atoms with Crippen LogP contribution in [0.5, 0.6) is 0 Å². The lowest BCUT2D eigenvalue weighted by Crippen LogP contribution is -2.23. The molecular formula is C23H17BrFN3OS. The molecule has 0 aliphatic carbocycles. The van der Waals surface area contributed by atoms with E-state index in [1.807, 2.05) is 54.6 Å². The molecule has 0 fully saturated rings. The van der Waals surface area contributed by atoms with Gasteiger partial charge in [0.1, 0.15) is 16.5 Å². The molecule has 1 unspecified atom stereocenters. The second kappa shape index (κ2) is 8.93. The Balaban J connectivity index is 1.60. The predicted octanol–water partition coefficient (Wildman–Crippen LogP) is 6.32. The lowest BCUT2D eigenvalue weighted by Gasteiger charge is -2.14. The van der Waals surface area contributed by atoms with E-state index in [0.717, 1.165) is 22.0 Å². The topological polar surface area (TPSA) is 54.9 Å². The van der Waals surface area contributed by atoms with E-state index in [0.29, 0.717) is 9.50 Å². The van der Waals surface area contributed by atoms with Crippen LogP contribution in [0.1, 0.15) is 6.92 Å². The molecule has 1 N–H and O–H groups in total. The van der Waals surface area contributed by atoms with Crippen LogP contribution in [0.15, 0.2) is 82.3 Å². The van der Waals surface area contributed by atoms with Crippen LogP contribution in [0.25, 0.3) is 22.0 Å². The van der Waals surface area contributed by atoms with Crippen LogP contribution in [-0.2, 0) is 4.79 Å². The lowest BCUT2D eigenvalue weighted by atomic mass is 10.1. The predicted molar refractivity (Wildman–Crippen MR) is 123 cm³/mol. The van der Waals surface area contributed by atoms with Gasteiger partial charge >= 0.3 is 0 Å². The molecule has 1 atom stereocenters. The molecule has 3 aromatic carbocycles. The van der Waals surface area contributed by atoms with Gasteiger partial charge in [-0.05, 0) is 25.1 Å². The molecule has 7 heteroatoms. The first kappa shape index (κ1) is 20.5. The molecule has 0 radical (unpaired) electrons. The summed E-state index contributed by atoms with van der Waals surface area (Å²) in [5.74, 6) is -0.799. The highest BCUT2D eigenvalue weighted by molar-refractivity contribution is 9.10. The summed E-state index contributed by atoms with van der Waals surface area (Å²) < 4.78 is 14.7. The third kappa shape index (κ3) is 4.37. The number of nitrogens with one attached hydrogen (secondary N) is 1. The molecule has 1 heterocycles. The smallest absolute Gasteiger partial charge is 0.237 e. The minimum absolute atomic E-state index is 0.144. The van der Waals surface area contributed by atoms with Crippen molar-refractivity contribution in [2.24, 2.45) is 0 Å². The Labute approximate surface area is 186 Å². The fourth-order valence-corrected chi connectivity index (χ4v) is 4.25. The zero-order valence-electron chi connectivity index (χ0n) is 16.0. The van der Waals surface area contributed by atoms with Crippen molar-refractivity contribution in [3.63, 3.8) is 0 Å². The average Bonchev–Trinajstić information content (AvgIpc) is 2.76. The van der Waals surface area contributed by atoms with Gasteiger partial charge in [0.2, 0.25) is 5.91 Å². The number of hydrogen-bond donors (Lipinski definition) is 1. The van der Waals surface area contributed by atoms with Crippen LogP contribution < -0.4 is 5.32 Å². The molecule has 150 valence electrons. The van der Waals surface area contributed by atoms with Crippen molar-refractivity contribution in [3.05, 3.63) is 83.1 Å². The summed E-state index contributed by atoms with van der Waals surface area (Å²) in [4.78, 5) is 12.6. The van der Waals surface area contributed by atoms with E-state index in [1.165, 1.54) is 23.9 Å². The van der Waals surface area contributed by atoms with Crippen molar-refractivity contribution in [3.8, 4) is 11.3 Å². The first-order valence-corrected chi connectivity index (χ1v) is 10.9. The fraction of sp³-hybridized carbons (Fsp3) is 0.0870. The van der Waals surface area contributed by atoms with Crippen LogP contribution >= 0.6 is 27.7 Å². The zero-order valence-corrected chi connectivity index (χ0v) is 18.4. The summed E-state index contributed by atoms with van der Waals surface area (Å²) in [5, 5.41) is 13.5. The van der Waals surface area contributed by atoms with E-state index in [4.69, 9.17) is 0 Å². The molecule has 0 bridgehead atoms. The number of thioether (sulfide) groups is 1. The highest BCUT2D eigenvalue weighted by Gasteiger charge is 2.19. The maximum atomic E-state index is 14.0. The number of fused-ring (bicyclic) bond motifs is 1. The van der Waals surface area contributed by atoms with Crippen molar-refractivity contribution < 1.29 is 9.18 Å². The maximum Gasteiger partial charge on any atom is 0.237 e. The molecule has 30 heavy (non-hydrogen) atoms. The van der Waals surface area contributed by atoms with E-state index in [-0.39, 0.29) is 11.6 Å².